The maximum atomic E-state index is 14.8. The number of aromatic nitrogens is 3. The van der Waals surface area contributed by atoms with Crippen molar-refractivity contribution in [2.24, 2.45) is 0 Å². The highest BCUT2D eigenvalue weighted by molar-refractivity contribution is 6.34. The predicted molar refractivity (Wildman–Crippen MR) is 157 cm³/mol. The fourth-order valence-electron chi connectivity index (χ4n) is 5.83. The van der Waals surface area contributed by atoms with E-state index in [1.54, 1.807) is 11.8 Å². The Morgan fingerprint density at radius 2 is 1.86 bits per heavy atom. The topological polar surface area (TPSA) is 101 Å². The number of fused-ring (bicyclic) bond motifs is 1. The Hall–Kier alpha value is -3.71. The van der Waals surface area contributed by atoms with Crippen LogP contribution in [0, 0.1) is 0 Å². The van der Waals surface area contributed by atoms with Gasteiger partial charge in [-0.05, 0) is 51.2 Å². The molecule has 14 heteroatoms. The van der Waals surface area contributed by atoms with E-state index in [9.17, 15) is 22.4 Å². The van der Waals surface area contributed by atoms with Crippen LogP contribution in [-0.4, -0.2) is 88.2 Å². The number of halogens is 5. The Kier molecular flexibility index (Phi) is 7.93. The molecule has 2 saturated heterocycles. The minimum Gasteiger partial charge on any atom is -0.461 e. The molecule has 230 valence electrons. The molecule has 0 spiro atoms. The van der Waals surface area contributed by atoms with E-state index in [0.29, 0.717) is 37.4 Å². The van der Waals surface area contributed by atoms with Gasteiger partial charge in [-0.1, -0.05) is 18.2 Å². The van der Waals surface area contributed by atoms with Crippen LogP contribution in [0.5, 0.6) is 6.01 Å². The lowest BCUT2D eigenvalue weighted by atomic mass is 9.94. The number of likely N-dealkylation sites (tertiary alicyclic amines) is 1. The Balaban J connectivity index is 1.59. The van der Waals surface area contributed by atoms with E-state index >= 15 is 0 Å². The van der Waals surface area contributed by atoms with Gasteiger partial charge < -0.3 is 20.3 Å². The first kappa shape index (κ1) is 30.7. The quantitative estimate of drug-likeness (QED) is 0.304. The third kappa shape index (κ3) is 6.19. The molecule has 2 aromatic heterocycles. The van der Waals surface area contributed by atoms with Crippen molar-refractivity contribution in [3.63, 3.8) is 0 Å². The number of hydrogen-bond donors (Lipinski definition) is 1. The number of rotatable bonds is 6. The fourth-order valence-corrected chi connectivity index (χ4v) is 6.08. The highest BCUT2D eigenvalue weighted by Crippen LogP contribution is 2.42. The number of ether oxygens (including phenoxy) is 1. The van der Waals surface area contributed by atoms with Crippen LogP contribution in [0.15, 0.2) is 36.9 Å². The number of alkyl halides is 4. The molecule has 2 atom stereocenters. The molecule has 2 aliphatic heterocycles. The normalized spacial score (nSPS) is 23.2. The molecule has 2 aliphatic rings. The van der Waals surface area contributed by atoms with E-state index in [2.05, 4.69) is 21.5 Å². The predicted octanol–water partition coefficient (Wildman–Crippen LogP) is 4.98. The molecule has 0 saturated carbocycles. The molecule has 1 aromatic carbocycles. The molecule has 2 fully saturated rings. The highest BCUT2D eigenvalue weighted by atomic mass is 35.5. The van der Waals surface area contributed by atoms with Crippen molar-refractivity contribution < 1.29 is 27.1 Å². The van der Waals surface area contributed by atoms with Crippen LogP contribution in [0.4, 0.5) is 29.2 Å². The Morgan fingerprint density at radius 1 is 1.16 bits per heavy atom. The minimum atomic E-state index is -4.71. The summed E-state index contributed by atoms with van der Waals surface area (Å²) in [5, 5.41) is 0.472. The van der Waals surface area contributed by atoms with Gasteiger partial charge in [-0.3, -0.25) is 9.69 Å². The van der Waals surface area contributed by atoms with E-state index in [0.717, 1.165) is 12.1 Å². The number of anilines is 2. The van der Waals surface area contributed by atoms with E-state index in [1.807, 2.05) is 23.8 Å². The summed E-state index contributed by atoms with van der Waals surface area (Å²) in [5.74, 6) is 0.149. The van der Waals surface area contributed by atoms with Crippen molar-refractivity contribution in [2.75, 3.05) is 57.0 Å². The van der Waals surface area contributed by atoms with Crippen molar-refractivity contribution in [1.82, 2.24) is 24.8 Å². The molecule has 1 amide bonds. The minimum absolute atomic E-state index is 0.00240. The zero-order chi connectivity index (χ0) is 31.3. The summed E-state index contributed by atoms with van der Waals surface area (Å²) in [7, 11) is 1.82. The molecule has 5 rings (SSSR count). The van der Waals surface area contributed by atoms with Crippen LogP contribution in [0.3, 0.4) is 0 Å². The molecular formula is C29H32ClF4N7O2. The van der Waals surface area contributed by atoms with Crippen LogP contribution in [0.2, 0.25) is 5.02 Å². The largest absolute Gasteiger partial charge is 0.461 e. The van der Waals surface area contributed by atoms with E-state index < -0.39 is 28.6 Å². The van der Waals surface area contributed by atoms with Gasteiger partial charge in [-0.2, -0.15) is 23.1 Å². The molecule has 0 bridgehead atoms. The second kappa shape index (κ2) is 11.1. The average Bonchev–Trinajstić information content (AvgIpc) is 3.16. The lowest BCUT2D eigenvalue weighted by molar-refractivity contribution is -0.137. The van der Waals surface area contributed by atoms with E-state index in [-0.39, 0.29) is 53.4 Å². The molecule has 2 N–H and O–H groups in total. The van der Waals surface area contributed by atoms with Gasteiger partial charge in [-0.15, -0.1) is 0 Å². The number of amides is 1. The Bertz CT molecular complexity index is 1580. The SMILES string of the molecule is C=CC(=O)N1CCN(c2nc(OCC3(C)CC(C)(F)CN3C)nc3cc(-c4nc(N)ccc4C(F)(F)F)c(Cl)cc23)CC1. The number of carbonyl (C=O) groups excluding carboxylic acids is 1. The standard InChI is InChI=1S/C29H32ClF4N7O2/c1-5-23(42)40-8-10-41(11-9-40)25-18-12-20(30)17(24-19(29(32,33)34)6-7-22(35)37-24)13-21(18)36-26(38-25)43-16-28(3)14-27(2,31)15-39(28)4/h5-7,12-13H,1,8-11,14-16H2,2-4H3,(H2,35,37). The van der Waals surface area contributed by atoms with Crippen molar-refractivity contribution >= 4 is 40.0 Å². The number of nitrogens with two attached hydrogens (primary N) is 1. The summed E-state index contributed by atoms with van der Waals surface area (Å²) in [5.41, 5.74) is 2.55. The van der Waals surface area contributed by atoms with Crippen molar-refractivity contribution in [3.05, 3.63) is 47.5 Å². The first-order valence-corrected chi connectivity index (χ1v) is 14.0. The molecule has 0 aliphatic carbocycles. The third-order valence-corrected chi connectivity index (χ3v) is 8.35. The summed E-state index contributed by atoms with van der Waals surface area (Å²) < 4.78 is 62.7. The van der Waals surface area contributed by atoms with Crippen LogP contribution < -0.4 is 15.4 Å². The highest BCUT2D eigenvalue weighted by Gasteiger charge is 2.47. The van der Waals surface area contributed by atoms with E-state index in [1.165, 1.54) is 18.2 Å². The summed E-state index contributed by atoms with van der Waals surface area (Å²) in [6.45, 7) is 8.92. The van der Waals surface area contributed by atoms with Crippen LogP contribution in [0.25, 0.3) is 22.2 Å². The molecule has 43 heavy (non-hydrogen) atoms. The fraction of sp³-hybridized carbons (Fsp3) is 0.448. The first-order valence-electron chi connectivity index (χ1n) is 13.6. The van der Waals surface area contributed by atoms with Gasteiger partial charge in [0.2, 0.25) is 5.91 Å². The van der Waals surface area contributed by atoms with Gasteiger partial charge in [0.15, 0.2) is 0 Å². The van der Waals surface area contributed by atoms with Crippen LogP contribution in [0.1, 0.15) is 25.8 Å². The zero-order valence-electron chi connectivity index (χ0n) is 24.0. The Morgan fingerprint density at radius 3 is 2.47 bits per heavy atom. The molecular weight excluding hydrogens is 590 g/mol. The van der Waals surface area contributed by atoms with Crippen molar-refractivity contribution in [1.29, 1.82) is 0 Å². The van der Waals surface area contributed by atoms with Gasteiger partial charge in [-0.25, -0.2) is 9.37 Å². The molecule has 2 unspecified atom stereocenters. The van der Waals surface area contributed by atoms with E-state index in [4.69, 9.17) is 22.1 Å². The van der Waals surface area contributed by atoms with Crippen molar-refractivity contribution in [3.8, 4) is 17.3 Å². The summed E-state index contributed by atoms with van der Waals surface area (Å²) in [6.07, 6.45) is -3.22. The van der Waals surface area contributed by atoms with Gasteiger partial charge >= 0.3 is 12.2 Å². The lowest BCUT2D eigenvalue weighted by Crippen LogP contribution is -2.48. The zero-order valence-corrected chi connectivity index (χ0v) is 24.8. The molecule has 0 radical (unpaired) electrons. The van der Waals surface area contributed by atoms with Gasteiger partial charge in [0.25, 0.3) is 0 Å². The number of nitrogens with zero attached hydrogens (tertiary/aromatic N) is 6. The smallest absolute Gasteiger partial charge is 0.418 e. The van der Waals surface area contributed by atoms with Gasteiger partial charge in [0, 0.05) is 50.1 Å². The maximum absolute atomic E-state index is 14.8. The Labute approximate surface area is 251 Å². The summed E-state index contributed by atoms with van der Waals surface area (Å²) in [4.78, 5) is 30.8. The molecule has 9 nitrogen and oxygen atoms in total. The number of likely N-dealkylation sites (N-methyl/N-ethyl adjacent to an activating group) is 1. The molecule has 4 heterocycles. The van der Waals surface area contributed by atoms with Crippen molar-refractivity contribution in [2.45, 2.75) is 37.7 Å². The maximum Gasteiger partial charge on any atom is 0.418 e. The number of nitrogen functional groups attached to an aromatic ring is 1. The lowest BCUT2D eigenvalue weighted by Gasteiger charge is -2.35. The number of pyridine rings is 1. The second-order valence-electron chi connectivity index (χ2n) is 11.6. The number of piperazine rings is 1. The number of carbonyl (C=O) groups is 1. The third-order valence-electron chi connectivity index (χ3n) is 8.04. The van der Waals surface area contributed by atoms with Crippen LogP contribution >= 0.6 is 11.6 Å². The average molecular weight is 622 g/mol. The number of hydrogen-bond acceptors (Lipinski definition) is 8. The summed E-state index contributed by atoms with van der Waals surface area (Å²) in [6, 6.07) is 4.82. The summed E-state index contributed by atoms with van der Waals surface area (Å²) >= 11 is 6.60. The van der Waals surface area contributed by atoms with Gasteiger partial charge in [0.05, 0.1) is 27.3 Å². The molecule has 3 aromatic rings. The van der Waals surface area contributed by atoms with Gasteiger partial charge in [0.1, 0.15) is 23.9 Å². The second-order valence-corrected chi connectivity index (χ2v) is 12.0. The monoisotopic (exact) mass is 621 g/mol. The number of benzene rings is 1. The first-order chi connectivity index (χ1) is 20.1. The van der Waals surface area contributed by atoms with Crippen LogP contribution in [-0.2, 0) is 11.0 Å².